The molecule has 0 saturated heterocycles. The zero-order valence-corrected chi connectivity index (χ0v) is 12.9. The first-order chi connectivity index (χ1) is 10.7. The van der Waals surface area contributed by atoms with Crippen LogP contribution in [0.15, 0.2) is 21.3 Å². The number of aromatic hydroxyl groups is 1. The van der Waals surface area contributed by atoms with E-state index >= 15 is 0 Å². The number of benzene rings is 1. The van der Waals surface area contributed by atoms with Crippen molar-refractivity contribution in [2.45, 2.75) is 33.2 Å². The van der Waals surface area contributed by atoms with Gasteiger partial charge in [-0.05, 0) is 38.5 Å². The quantitative estimate of drug-likeness (QED) is 0.760. The van der Waals surface area contributed by atoms with E-state index in [1.54, 1.807) is 19.9 Å². The number of rotatable bonds is 4. The molecule has 7 heteroatoms. The Hall–Kier alpha value is -2.83. The van der Waals surface area contributed by atoms with Crippen LogP contribution in [-0.2, 0) is 16.0 Å². The number of phenols is 1. The van der Waals surface area contributed by atoms with Crippen molar-refractivity contribution in [2.24, 2.45) is 0 Å². The third kappa shape index (κ3) is 3.18. The Labute approximate surface area is 131 Å². The largest absolute Gasteiger partial charge is 0.548 e. The summed E-state index contributed by atoms with van der Waals surface area (Å²) >= 11 is 0. The fourth-order valence-corrected chi connectivity index (χ4v) is 2.29. The van der Waals surface area contributed by atoms with Gasteiger partial charge in [0.2, 0.25) is 5.91 Å². The molecule has 0 fully saturated rings. The number of carboxylic acids is 1. The summed E-state index contributed by atoms with van der Waals surface area (Å²) in [5.74, 6) is -2.02. The monoisotopic (exact) mass is 318 g/mol. The van der Waals surface area contributed by atoms with E-state index in [2.05, 4.69) is 5.32 Å². The second kappa shape index (κ2) is 6.12. The number of carboxylic acid groups (broad SMARTS) is 1. The van der Waals surface area contributed by atoms with Gasteiger partial charge in [0.25, 0.3) is 0 Å². The van der Waals surface area contributed by atoms with Gasteiger partial charge in [0.05, 0.1) is 24.0 Å². The smallest absolute Gasteiger partial charge is 0.340 e. The minimum absolute atomic E-state index is 0.00771. The number of phenolic OH excluding ortho intramolecular Hbond substituents is 1. The van der Waals surface area contributed by atoms with Crippen molar-refractivity contribution < 1.29 is 24.2 Å². The van der Waals surface area contributed by atoms with Crippen LogP contribution in [0.3, 0.4) is 0 Å². The first kappa shape index (κ1) is 16.5. The second-order valence-corrected chi connectivity index (χ2v) is 5.36. The third-order valence-electron chi connectivity index (χ3n) is 3.74. The minimum atomic E-state index is -1.41. The maximum atomic E-state index is 12.1. The highest BCUT2D eigenvalue weighted by Gasteiger charge is 2.18. The normalized spacial score (nSPS) is 12.1. The molecule has 0 bridgehead atoms. The molecule has 1 heterocycles. The van der Waals surface area contributed by atoms with Crippen LogP contribution in [0.2, 0.25) is 0 Å². The maximum absolute atomic E-state index is 12.1. The van der Waals surface area contributed by atoms with E-state index in [9.17, 15) is 24.6 Å². The summed E-state index contributed by atoms with van der Waals surface area (Å²) in [4.78, 5) is 34.6. The van der Waals surface area contributed by atoms with Crippen molar-refractivity contribution in [3.8, 4) is 5.75 Å². The Morgan fingerprint density at radius 3 is 2.57 bits per heavy atom. The number of aryl methyl sites for hydroxylation is 2. The van der Waals surface area contributed by atoms with Gasteiger partial charge in [0.1, 0.15) is 11.3 Å². The van der Waals surface area contributed by atoms with Gasteiger partial charge < -0.3 is 24.7 Å². The van der Waals surface area contributed by atoms with Crippen LogP contribution < -0.4 is 16.0 Å². The Balaban J connectivity index is 2.43. The van der Waals surface area contributed by atoms with Crippen LogP contribution in [0.1, 0.15) is 23.6 Å². The molecule has 2 N–H and O–H groups in total. The highest BCUT2D eigenvalue weighted by Crippen LogP contribution is 2.28. The molecule has 0 saturated carbocycles. The van der Waals surface area contributed by atoms with Gasteiger partial charge in [0, 0.05) is 10.9 Å². The van der Waals surface area contributed by atoms with Crippen molar-refractivity contribution in [2.75, 3.05) is 0 Å². The molecule has 0 radical (unpaired) electrons. The zero-order valence-electron chi connectivity index (χ0n) is 12.9. The van der Waals surface area contributed by atoms with Crippen molar-refractivity contribution in [3.63, 3.8) is 0 Å². The molecule has 23 heavy (non-hydrogen) atoms. The summed E-state index contributed by atoms with van der Waals surface area (Å²) in [5, 5.41) is 23.1. The van der Waals surface area contributed by atoms with Gasteiger partial charge in [-0.25, -0.2) is 4.79 Å². The molecular formula is C16H16NO6-. The van der Waals surface area contributed by atoms with Crippen LogP contribution in [0.25, 0.3) is 11.0 Å². The highest BCUT2D eigenvalue weighted by molar-refractivity contribution is 5.88. The van der Waals surface area contributed by atoms with Crippen LogP contribution >= 0.6 is 0 Å². The van der Waals surface area contributed by atoms with Crippen LogP contribution in [0, 0.1) is 13.8 Å². The first-order valence-electron chi connectivity index (χ1n) is 6.97. The van der Waals surface area contributed by atoms with E-state index in [1.807, 2.05) is 0 Å². The lowest BCUT2D eigenvalue weighted by Gasteiger charge is -2.15. The molecule has 1 atom stereocenters. The number of hydrogen-bond donors (Lipinski definition) is 2. The number of fused-ring (bicyclic) bond motifs is 1. The summed E-state index contributed by atoms with van der Waals surface area (Å²) < 4.78 is 5.21. The summed E-state index contributed by atoms with van der Waals surface area (Å²) in [6, 6.07) is 1.92. The lowest BCUT2D eigenvalue weighted by molar-refractivity contribution is -0.307. The van der Waals surface area contributed by atoms with E-state index in [0.717, 1.165) is 0 Å². The lowest BCUT2D eigenvalue weighted by Crippen LogP contribution is -2.46. The number of carbonyl (C=O) groups is 2. The molecule has 1 aromatic heterocycles. The summed E-state index contributed by atoms with van der Waals surface area (Å²) in [6.07, 6.45) is -0.304. The van der Waals surface area contributed by atoms with Crippen molar-refractivity contribution in [1.29, 1.82) is 0 Å². The second-order valence-electron chi connectivity index (χ2n) is 5.36. The average molecular weight is 318 g/mol. The van der Waals surface area contributed by atoms with Gasteiger partial charge in [-0.15, -0.1) is 0 Å². The standard InChI is InChI=1S/C16H17NO6/c1-7-10-4-5-12(18)8(2)14(10)23-16(22)11(7)6-13(19)17-9(3)15(20)21/h4-5,9,18H,6H2,1-3H3,(H,17,19)(H,20,21)/p-1/t9-/m0/s1. The first-order valence-corrected chi connectivity index (χ1v) is 6.97. The Kier molecular flexibility index (Phi) is 4.40. The van der Waals surface area contributed by atoms with E-state index in [-0.39, 0.29) is 23.3 Å². The van der Waals surface area contributed by atoms with E-state index in [0.29, 0.717) is 16.5 Å². The summed E-state index contributed by atoms with van der Waals surface area (Å²) in [7, 11) is 0. The predicted molar refractivity (Wildman–Crippen MR) is 79.9 cm³/mol. The minimum Gasteiger partial charge on any atom is -0.548 e. The molecule has 1 aromatic carbocycles. The summed E-state index contributed by atoms with van der Waals surface area (Å²) in [5.41, 5.74) is 0.699. The third-order valence-corrected chi connectivity index (χ3v) is 3.74. The molecule has 122 valence electrons. The van der Waals surface area contributed by atoms with E-state index < -0.39 is 23.5 Å². The van der Waals surface area contributed by atoms with E-state index in [1.165, 1.54) is 13.0 Å². The lowest BCUT2D eigenvalue weighted by atomic mass is 10.0. The molecule has 1 amide bonds. The number of nitrogens with one attached hydrogen (secondary N) is 1. The topological polar surface area (TPSA) is 120 Å². The molecule has 0 aliphatic carbocycles. The Bertz CT molecular complexity index is 852. The number of hydrogen-bond acceptors (Lipinski definition) is 6. The SMILES string of the molecule is Cc1c(CC(=O)N[C@@H](C)C(=O)[O-])c(=O)oc2c(C)c(O)ccc12. The number of amides is 1. The van der Waals surface area contributed by atoms with Gasteiger partial charge in [0.15, 0.2) is 0 Å². The fourth-order valence-electron chi connectivity index (χ4n) is 2.29. The molecule has 2 rings (SSSR count). The van der Waals surface area contributed by atoms with Crippen molar-refractivity contribution in [1.82, 2.24) is 5.32 Å². The van der Waals surface area contributed by atoms with Crippen molar-refractivity contribution >= 4 is 22.8 Å². The Morgan fingerprint density at radius 2 is 1.96 bits per heavy atom. The van der Waals surface area contributed by atoms with Crippen LogP contribution in [0.4, 0.5) is 0 Å². The zero-order chi connectivity index (χ0) is 17.3. The van der Waals surface area contributed by atoms with Gasteiger partial charge in [-0.1, -0.05) is 0 Å². The van der Waals surface area contributed by atoms with Crippen LogP contribution in [0.5, 0.6) is 5.75 Å². The fraction of sp³-hybridized carbons (Fsp3) is 0.312. The molecule has 7 nitrogen and oxygen atoms in total. The molecular weight excluding hydrogens is 302 g/mol. The average Bonchev–Trinajstić information content (AvgIpc) is 2.47. The van der Waals surface area contributed by atoms with Crippen LogP contribution in [-0.4, -0.2) is 23.0 Å². The molecule has 0 aliphatic rings. The van der Waals surface area contributed by atoms with E-state index in [4.69, 9.17) is 4.42 Å². The number of aliphatic carboxylic acids is 1. The Morgan fingerprint density at radius 1 is 1.30 bits per heavy atom. The molecule has 2 aromatic rings. The van der Waals surface area contributed by atoms with Crippen molar-refractivity contribution in [3.05, 3.63) is 39.2 Å². The van der Waals surface area contributed by atoms with Gasteiger partial charge in [-0.3, -0.25) is 4.79 Å². The predicted octanol–water partition coefficient (Wildman–Crippen LogP) is -0.0875. The van der Waals surface area contributed by atoms with Gasteiger partial charge in [-0.2, -0.15) is 0 Å². The molecule has 0 spiro atoms. The molecule has 0 aliphatic heterocycles. The van der Waals surface area contributed by atoms with Gasteiger partial charge >= 0.3 is 5.63 Å². The highest BCUT2D eigenvalue weighted by atomic mass is 16.4. The summed E-state index contributed by atoms with van der Waals surface area (Å²) in [6.45, 7) is 4.56. The molecule has 0 unspecified atom stereocenters. The number of carbonyl (C=O) groups excluding carboxylic acids is 2. The maximum Gasteiger partial charge on any atom is 0.340 e.